The Hall–Kier alpha value is -1.00. The van der Waals surface area contributed by atoms with Crippen LogP contribution in [0.3, 0.4) is 0 Å². The van der Waals surface area contributed by atoms with Crippen LogP contribution in [0.25, 0.3) is 0 Å². The van der Waals surface area contributed by atoms with Crippen LogP contribution in [0.15, 0.2) is 11.8 Å². The van der Waals surface area contributed by atoms with E-state index in [1.54, 1.807) is 0 Å². The van der Waals surface area contributed by atoms with E-state index in [2.05, 4.69) is 0 Å². The monoisotopic (exact) mass is 250 g/mol. The average Bonchev–Trinajstić information content (AvgIpc) is 2.16. The molecule has 1 aliphatic rings. The molecular weight excluding hydrogens is 233 g/mol. The van der Waals surface area contributed by atoms with Crippen molar-refractivity contribution in [1.82, 2.24) is 0 Å². The Morgan fingerprint density at radius 2 is 1.65 bits per heavy atom. The molecule has 1 saturated carbocycles. The number of alkyl halides is 3. The van der Waals surface area contributed by atoms with E-state index in [1.165, 1.54) is 0 Å². The average molecular weight is 250 g/mol. The van der Waals surface area contributed by atoms with Crippen molar-refractivity contribution in [3.63, 3.8) is 0 Å². The van der Waals surface area contributed by atoms with Crippen LogP contribution < -0.4 is 0 Å². The smallest absolute Gasteiger partial charge is 0.401 e. The molecule has 0 unspecified atom stereocenters. The number of allylic oxidation sites excluding steroid dienone is 2. The zero-order valence-electron chi connectivity index (χ0n) is 9.97. The first-order chi connectivity index (χ1) is 7.65. The molecule has 0 amide bonds. The number of aliphatic hydroxyl groups is 1. The predicted molar refractivity (Wildman–Crippen MR) is 57.5 cm³/mol. The number of rotatable bonds is 2. The lowest BCUT2D eigenvalue weighted by atomic mass is 9.64. The van der Waals surface area contributed by atoms with Crippen molar-refractivity contribution in [3.05, 3.63) is 11.8 Å². The second kappa shape index (κ2) is 4.35. The quantitative estimate of drug-likeness (QED) is 0.460. The zero-order chi connectivity index (χ0) is 13.3. The number of hydrogen-bond donors (Lipinski definition) is 1. The second-order valence-electron chi connectivity index (χ2n) is 5.43. The highest BCUT2D eigenvalue weighted by atomic mass is 19.4. The first kappa shape index (κ1) is 14.1. The SMILES string of the molecule is CC1(C)CCC(/C(O)=C/C=O)(C(F)(F)F)CC1. The molecule has 0 saturated heterocycles. The molecule has 2 nitrogen and oxygen atoms in total. The van der Waals surface area contributed by atoms with Gasteiger partial charge in [0.05, 0.1) is 0 Å². The summed E-state index contributed by atoms with van der Waals surface area (Å²) in [4.78, 5) is 10.3. The predicted octanol–water partition coefficient (Wildman–Crippen LogP) is 3.78. The topological polar surface area (TPSA) is 37.3 Å². The molecule has 0 aromatic heterocycles. The molecule has 17 heavy (non-hydrogen) atoms. The van der Waals surface area contributed by atoms with Crippen LogP contribution in [0.1, 0.15) is 39.5 Å². The van der Waals surface area contributed by atoms with Crippen LogP contribution in [0.2, 0.25) is 0 Å². The Morgan fingerprint density at radius 1 is 1.18 bits per heavy atom. The van der Waals surface area contributed by atoms with Gasteiger partial charge in [0.2, 0.25) is 0 Å². The molecule has 0 heterocycles. The van der Waals surface area contributed by atoms with Crippen molar-refractivity contribution < 1.29 is 23.1 Å². The number of halogens is 3. The zero-order valence-corrected chi connectivity index (χ0v) is 9.97. The van der Waals surface area contributed by atoms with Crippen molar-refractivity contribution in [2.24, 2.45) is 10.8 Å². The van der Waals surface area contributed by atoms with Crippen molar-refractivity contribution in [3.8, 4) is 0 Å². The summed E-state index contributed by atoms with van der Waals surface area (Å²) in [6.07, 6.45) is -3.28. The third-order valence-corrected chi connectivity index (χ3v) is 3.72. The molecule has 1 rings (SSSR count). The van der Waals surface area contributed by atoms with Gasteiger partial charge < -0.3 is 5.11 Å². The number of carbonyl (C=O) groups excluding carboxylic acids is 1. The first-order valence-corrected chi connectivity index (χ1v) is 5.56. The van der Waals surface area contributed by atoms with Crippen LogP contribution in [-0.4, -0.2) is 17.6 Å². The van der Waals surface area contributed by atoms with E-state index < -0.39 is 17.4 Å². The summed E-state index contributed by atoms with van der Waals surface area (Å²) in [5.74, 6) is -0.851. The fraction of sp³-hybridized carbons (Fsp3) is 0.750. The van der Waals surface area contributed by atoms with E-state index in [0.717, 1.165) is 0 Å². The van der Waals surface area contributed by atoms with E-state index in [1.807, 2.05) is 13.8 Å². The van der Waals surface area contributed by atoms with Gasteiger partial charge in [0.1, 0.15) is 17.5 Å². The van der Waals surface area contributed by atoms with E-state index in [0.29, 0.717) is 18.9 Å². The number of hydrogen-bond acceptors (Lipinski definition) is 2. The minimum atomic E-state index is -4.52. The molecule has 0 bridgehead atoms. The van der Waals surface area contributed by atoms with Crippen LogP contribution in [0, 0.1) is 10.8 Å². The highest BCUT2D eigenvalue weighted by molar-refractivity contribution is 5.65. The molecule has 0 aromatic carbocycles. The third-order valence-electron chi connectivity index (χ3n) is 3.72. The third kappa shape index (κ3) is 2.64. The number of aliphatic hydroxyl groups excluding tert-OH is 1. The summed E-state index contributed by atoms with van der Waals surface area (Å²) < 4.78 is 39.3. The van der Waals surface area contributed by atoms with Gasteiger partial charge in [0.15, 0.2) is 0 Å². The molecule has 0 aliphatic heterocycles. The molecule has 5 heteroatoms. The Kier molecular flexibility index (Phi) is 3.60. The lowest BCUT2D eigenvalue weighted by Crippen LogP contribution is -2.44. The van der Waals surface area contributed by atoms with Gasteiger partial charge in [-0.1, -0.05) is 13.8 Å². The van der Waals surface area contributed by atoms with Crippen LogP contribution in [0.5, 0.6) is 0 Å². The highest BCUT2D eigenvalue weighted by Gasteiger charge is 2.59. The lowest BCUT2D eigenvalue weighted by molar-refractivity contribution is -0.234. The maximum Gasteiger partial charge on any atom is 0.401 e. The van der Waals surface area contributed by atoms with Gasteiger partial charge in [-0.25, -0.2) is 0 Å². The molecule has 1 fully saturated rings. The minimum Gasteiger partial charge on any atom is -0.511 e. The maximum atomic E-state index is 13.1. The second-order valence-corrected chi connectivity index (χ2v) is 5.43. The van der Waals surface area contributed by atoms with Gasteiger partial charge in [-0.05, 0) is 31.1 Å². The summed E-state index contributed by atoms with van der Waals surface area (Å²) in [6, 6.07) is 0. The largest absolute Gasteiger partial charge is 0.511 e. The van der Waals surface area contributed by atoms with Crippen molar-refractivity contribution in [2.45, 2.75) is 45.7 Å². The summed E-state index contributed by atoms with van der Waals surface area (Å²) in [6.45, 7) is 3.82. The normalized spacial score (nSPS) is 24.4. The number of aldehydes is 1. The van der Waals surface area contributed by atoms with Crippen LogP contribution >= 0.6 is 0 Å². The molecule has 0 spiro atoms. The van der Waals surface area contributed by atoms with Gasteiger partial charge in [0, 0.05) is 6.08 Å². The van der Waals surface area contributed by atoms with Crippen molar-refractivity contribution in [1.29, 1.82) is 0 Å². The van der Waals surface area contributed by atoms with Crippen molar-refractivity contribution in [2.75, 3.05) is 0 Å². The van der Waals surface area contributed by atoms with E-state index in [4.69, 9.17) is 0 Å². The number of carbonyl (C=O) groups is 1. The first-order valence-electron chi connectivity index (χ1n) is 5.56. The molecule has 0 radical (unpaired) electrons. The van der Waals surface area contributed by atoms with Gasteiger partial charge in [0.25, 0.3) is 0 Å². The summed E-state index contributed by atoms with van der Waals surface area (Å²) in [5.41, 5.74) is -2.38. The molecular formula is C12H17F3O2. The van der Waals surface area contributed by atoms with Gasteiger partial charge in [-0.15, -0.1) is 0 Å². The van der Waals surface area contributed by atoms with E-state index in [-0.39, 0.29) is 24.5 Å². The van der Waals surface area contributed by atoms with Gasteiger partial charge >= 0.3 is 6.18 Å². The fourth-order valence-corrected chi connectivity index (χ4v) is 2.26. The maximum absolute atomic E-state index is 13.1. The van der Waals surface area contributed by atoms with Crippen molar-refractivity contribution >= 4 is 6.29 Å². The summed E-state index contributed by atoms with van der Waals surface area (Å²) >= 11 is 0. The lowest BCUT2D eigenvalue weighted by Gasteiger charge is -2.43. The Labute approximate surface area is 98.5 Å². The highest BCUT2D eigenvalue weighted by Crippen LogP contribution is 2.56. The van der Waals surface area contributed by atoms with E-state index in [9.17, 15) is 23.1 Å². The molecule has 0 aromatic rings. The summed E-state index contributed by atoms with van der Waals surface area (Å²) in [5, 5.41) is 9.54. The Bertz CT molecular complexity index is 319. The molecule has 98 valence electrons. The fourth-order valence-electron chi connectivity index (χ4n) is 2.26. The Morgan fingerprint density at radius 3 is 2.00 bits per heavy atom. The summed E-state index contributed by atoms with van der Waals surface area (Å²) in [7, 11) is 0. The minimum absolute atomic E-state index is 0.143. The van der Waals surface area contributed by atoms with Crippen LogP contribution in [0.4, 0.5) is 13.2 Å². The van der Waals surface area contributed by atoms with Crippen LogP contribution in [-0.2, 0) is 4.79 Å². The molecule has 0 atom stereocenters. The molecule has 1 N–H and O–H groups in total. The van der Waals surface area contributed by atoms with E-state index >= 15 is 0 Å². The Balaban J connectivity index is 3.07. The standard InChI is InChI=1S/C12H17F3O2/c1-10(2)4-6-11(7-5-10,12(13,14)15)9(17)3-8-16/h3,8,17H,4-7H2,1-2H3/b9-3-. The molecule has 1 aliphatic carbocycles. The van der Waals surface area contributed by atoms with Gasteiger partial charge in [-0.2, -0.15) is 13.2 Å². The van der Waals surface area contributed by atoms with Gasteiger partial charge in [-0.3, -0.25) is 4.79 Å².